The van der Waals surface area contributed by atoms with E-state index in [1.165, 1.54) is 19.3 Å². The monoisotopic (exact) mass is 286 g/mol. The van der Waals surface area contributed by atoms with Crippen LogP contribution in [0, 0.1) is 0 Å². The number of aromatic nitrogens is 3. The fourth-order valence-electron chi connectivity index (χ4n) is 3.00. The Morgan fingerprint density at radius 3 is 2.86 bits per heavy atom. The van der Waals surface area contributed by atoms with E-state index >= 15 is 0 Å². The largest absolute Gasteiger partial charge is 0.396 e. The minimum Gasteiger partial charge on any atom is -0.396 e. The van der Waals surface area contributed by atoms with E-state index in [0.29, 0.717) is 6.04 Å². The Labute approximate surface area is 125 Å². The molecule has 0 spiro atoms. The maximum absolute atomic E-state index is 9.19. The lowest BCUT2D eigenvalue weighted by Crippen LogP contribution is -2.39. The van der Waals surface area contributed by atoms with Crippen LogP contribution in [0.3, 0.4) is 0 Å². The van der Waals surface area contributed by atoms with Gasteiger partial charge in [0, 0.05) is 12.6 Å². The number of piperidine rings is 1. The highest BCUT2D eigenvalue weighted by molar-refractivity contribution is 5.29. The summed E-state index contributed by atoms with van der Waals surface area (Å²) in [5, 5.41) is 13.8. The predicted molar refractivity (Wildman–Crippen MR) is 81.1 cm³/mol. The lowest BCUT2D eigenvalue weighted by atomic mass is 10.00. The first-order valence-corrected chi connectivity index (χ1v) is 7.67. The van der Waals surface area contributed by atoms with Crippen LogP contribution in [0.25, 0.3) is 5.69 Å². The van der Waals surface area contributed by atoms with E-state index in [9.17, 15) is 5.11 Å². The minimum atomic E-state index is 0.257. The number of nitrogens with zero attached hydrogens (tertiary/aromatic N) is 4. The predicted octanol–water partition coefficient (Wildman–Crippen LogP) is 2.00. The van der Waals surface area contributed by atoms with Crippen molar-refractivity contribution in [2.45, 2.75) is 38.3 Å². The molecule has 21 heavy (non-hydrogen) atoms. The molecule has 1 aliphatic heterocycles. The van der Waals surface area contributed by atoms with Crippen LogP contribution in [0.5, 0.6) is 0 Å². The third-order valence-corrected chi connectivity index (χ3v) is 4.12. The fourth-order valence-corrected chi connectivity index (χ4v) is 3.00. The number of benzene rings is 1. The van der Waals surface area contributed by atoms with Gasteiger partial charge in [-0.15, -0.1) is 5.10 Å². The maximum atomic E-state index is 9.19. The highest BCUT2D eigenvalue weighted by Crippen LogP contribution is 2.21. The zero-order valence-corrected chi connectivity index (χ0v) is 12.2. The van der Waals surface area contributed by atoms with Crippen LogP contribution in [0.2, 0.25) is 0 Å². The lowest BCUT2D eigenvalue weighted by Gasteiger charge is -2.34. The molecule has 0 amide bonds. The second-order valence-electron chi connectivity index (χ2n) is 5.57. The first-order valence-electron chi connectivity index (χ1n) is 7.67. The van der Waals surface area contributed by atoms with Crippen LogP contribution < -0.4 is 0 Å². The zero-order valence-electron chi connectivity index (χ0n) is 12.2. The van der Waals surface area contributed by atoms with Crippen LogP contribution in [0.1, 0.15) is 31.5 Å². The molecule has 5 nitrogen and oxygen atoms in total. The summed E-state index contributed by atoms with van der Waals surface area (Å²) in [6, 6.07) is 10.5. The number of likely N-dealkylation sites (tertiary alicyclic amines) is 1. The molecule has 1 aromatic heterocycles. The Balaban J connectivity index is 1.69. The molecule has 2 heterocycles. The van der Waals surface area contributed by atoms with Crippen molar-refractivity contribution in [2.75, 3.05) is 13.2 Å². The molecule has 0 radical (unpaired) electrons. The van der Waals surface area contributed by atoms with E-state index in [0.717, 1.165) is 31.0 Å². The molecule has 1 saturated heterocycles. The summed E-state index contributed by atoms with van der Waals surface area (Å²) in [5.41, 5.74) is 1.03. The summed E-state index contributed by atoms with van der Waals surface area (Å²) < 4.78 is 1.82. The summed E-state index contributed by atoms with van der Waals surface area (Å²) >= 11 is 0. The van der Waals surface area contributed by atoms with Gasteiger partial charge in [-0.3, -0.25) is 4.90 Å². The van der Waals surface area contributed by atoms with Crippen LogP contribution in [0.15, 0.2) is 36.7 Å². The van der Waals surface area contributed by atoms with E-state index in [-0.39, 0.29) is 6.61 Å². The Kier molecular flexibility index (Phi) is 4.62. The van der Waals surface area contributed by atoms with Crippen LogP contribution in [-0.2, 0) is 6.54 Å². The van der Waals surface area contributed by atoms with Gasteiger partial charge in [0.25, 0.3) is 0 Å². The van der Waals surface area contributed by atoms with Crippen LogP contribution in [-0.4, -0.2) is 44.0 Å². The topological polar surface area (TPSA) is 54.2 Å². The van der Waals surface area contributed by atoms with Crippen molar-refractivity contribution in [3.8, 4) is 5.69 Å². The Morgan fingerprint density at radius 1 is 1.19 bits per heavy atom. The average Bonchev–Trinajstić information content (AvgIpc) is 2.99. The molecule has 1 aromatic carbocycles. The van der Waals surface area contributed by atoms with Gasteiger partial charge in [0.15, 0.2) is 5.82 Å². The molecule has 1 N–H and O–H groups in total. The highest BCUT2D eigenvalue weighted by atomic mass is 16.3. The zero-order chi connectivity index (χ0) is 14.5. The van der Waals surface area contributed by atoms with Crippen molar-refractivity contribution >= 4 is 0 Å². The number of rotatable bonds is 5. The molecule has 112 valence electrons. The third kappa shape index (κ3) is 3.49. The molecule has 0 aliphatic carbocycles. The van der Waals surface area contributed by atoms with Gasteiger partial charge in [-0.05, 0) is 37.9 Å². The van der Waals surface area contributed by atoms with Gasteiger partial charge in [0.1, 0.15) is 6.33 Å². The summed E-state index contributed by atoms with van der Waals surface area (Å²) in [6.45, 7) is 2.10. The van der Waals surface area contributed by atoms with E-state index in [4.69, 9.17) is 0 Å². The van der Waals surface area contributed by atoms with E-state index in [1.54, 1.807) is 6.33 Å². The van der Waals surface area contributed by atoms with Gasteiger partial charge in [0.05, 0.1) is 12.2 Å². The molecular weight excluding hydrogens is 264 g/mol. The van der Waals surface area contributed by atoms with E-state index in [2.05, 4.69) is 15.0 Å². The molecule has 3 rings (SSSR count). The maximum Gasteiger partial charge on any atom is 0.165 e. The number of hydrogen-bond acceptors (Lipinski definition) is 4. The van der Waals surface area contributed by atoms with Gasteiger partial charge < -0.3 is 5.11 Å². The number of hydrogen-bond donors (Lipinski definition) is 1. The van der Waals surface area contributed by atoms with E-state index in [1.807, 2.05) is 35.0 Å². The quantitative estimate of drug-likeness (QED) is 0.913. The van der Waals surface area contributed by atoms with Gasteiger partial charge >= 0.3 is 0 Å². The molecule has 1 atom stereocenters. The average molecular weight is 286 g/mol. The number of aliphatic hydroxyl groups excluding tert-OH is 1. The molecule has 0 saturated carbocycles. The molecule has 0 bridgehead atoms. The lowest BCUT2D eigenvalue weighted by molar-refractivity contribution is 0.110. The first kappa shape index (κ1) is 14.2. The van der Waals surface area contributed by atoms with Crippen LogP contribution in [0.4, 0.5) is 0 Å². The molecule has 2 aromatic rings. The van der Waals surface area contributed by atoms with Crippen molar-refractivity contribution in [2.24, 2.45) is 0 Å². The van der Waals surface area contributed by atoms with Crippen molar-refractivity contribution in [1.29, 1.82) is 0 Å². The second kappa shape index (κ2) is 6.83. The standard InChI is InChI=1S/C16H22N4O/c21-11-9-14-6-4-5-10-19(14)12-16-17-13-20(18-16)15-7-2-1-3-8-15/h1-3,7-8,13-14,21H,4-6,9-12H2. The SMILES string of the molecule is OCCC1CCCCN1Cc1ncn(-c2ccccc2)n1. The number of aliphatic hydroxyl groups is 1. The van der Waals surface area contributed by atoms with Crippen LogP contribution >= 0.6 is 0 Å². The summed E-state index contributed by atoms with van der Waals surface area (Å²) in [7, 11) is 0. The Bertz CT molecular complexity index is 552. The highest BCUT2D eigenvalue weighted by Gasteiger charge is 2.23. The van der Waals surface area contributed by atoms with Crippen molar-refractivity contribution in [1.82, 2.24) is 19.7 Å². The molecular formula is C16H22N4O. The smallest absolute Gasteiger partial charge is 0.165 e. The van der Waals surface area contributed by atoms with Crippen molar-refractivity contribution in [3.05, 3.63) is 42.5 Å². The second-order valence-corrected chi connectivity index (χ2v) is 5.57. The van der Waals surface area contributed by atoms with Gasteiger partial charge in [-0.1, -0.05) is 24.6 Å². The molecule has 1 aliphatic rings. The fraction of sp³-hybridized carbons (Fsp3) is 0.500. The van der Waals surface area contributed by atoms with Crippen molar-refractivity contribution < 1.29 is 5.11 Å². The summed E-state index contributed by atoms with van der Waals surface area (Å²) in [5.74, 6) is 0.851. The Hall–Kier alpha value is -1.72. The van der Waals surface area contributed by atoms with Crippen molar-refractivity contribution in [3.63, 3.8) is 0 Å². The normalized spacial score (nSPS) is 19.8. The molecule has 1 fully saturated rings. The van der Waals surface area contributed by atoms with Gasteiger partial charge in [-0.2, -0.15) is 0 Å². The minimum absolute atomic E-state index is 0.257. The molecule has 1 unspecified atom stereocenters. The third-order valence-electron chi connectivity index (χ3n) is 4.12. The van der Waals surface area contributed by atoms with Gasteiger partial charge in [0.2, 0.25) is 0 Å². The first-order chi connectivity index (χ1) is 10.4. The summed E-state index contributed by atoms with van der Waals surface area (Å²) in [6.07, 6.45) is 6.27. The summed E-state index contributed by atoms with van der Waals surface area (Å²) in [4.78, 5) is 6.84. The van der Waals surface area contributed by atoms with Gasteiger partial charge in [-0.25, -0.2) is 9.67 Å². The number of para-hydroxylation sites is 1. The van der Waals surface area contributed by atoms with E-state index < -0.39 is 0 Å². The Morgan fingerprint density at radius 2 is 2.05 bits per heavy atom. The molecule has 5 heteroatoms.